The molecule has 0 bridgehead atoms. The van der Waals surface area contributed by atoms with E-state index in [4.69, 9.17) is 0 Å². The molecular formula is C13H34N4Zr. The van der Waals surface area contributed by atoms with Crippen LogP contribution in [-0.2, 0) is 26.2 Å². The second kappa shape index (κ2) is 52.4. The summed E-state index contributed by atoms with van der Waals surface area (Å²) in [6.45, 7) is 14.9. The van der Waals surface area contributed by atoms with Crippen molar-refractivity contribution in [2.45, 2.75) is 34.6 Å². The van der Waals surface area contributed by atoms with Gasteiger partial charge in [0.15, 0.2) is 0 Å². The third-order valence-electron chi connectivity index (χ3n) is 1.40. The van der Waals surface area contributed by atoms with E-state index in [1.165, 1.54) is 0 Å². The van der Waals surface area contributed by atoms with Crippen molar-refractivity contribution in [3.63, 3.8) is 0 Å². The van der Waals surface area contributed by atoms with Crippen LogP contribution >= 0.6 is 0 Å². The van der Waals surface area contributed by atoms with Crippen LogP contribution in [0.5, 0.6) is 0 Å². The zero-order valence-electron chi connectivity index (χ0n) is 13.8. The predicted molar refractivity (Wildman–Crippen MR) is 83.9 cm³/mol. The molecule has 5 heteroatoms. The number of hydrogen-bond donors (Lipinski definition) is 0. The molecule has 0 amide bonds. The van der Waals surface area contributed by atoms with Crippen molar-refractivity contribution in [1.29, 1.82) is 0 Å². The largest absolute Gasteiger partial charge is 4.00 e. The molecule has 0 rings (SSSR count). The maximum absolute atomic E-state index is 3.97. The van der Waals surface area contributed by atoms with Crippen LogP contribution in [0.3, 0.4) is 0 Å². The van der Waals surface area contributed by atoms with Gasteiger partial charge in [0.25, 0.3) is 0 Å². The summed E-state index contributed by atoms with van der Waals surface area (Å²) in [5, 5.41) is 15.2. The standard InChI is InChI=1S/C4H10N.3C3H8N.Zr/c1-3-5-4-2;3*1-3-4-2;/h3-4H2,1-2H3;3*3H2,1-2H3;/q4*-1;+4. The van der Waals surface area contributed by atoms with Gasteiger partial charge < -0.3 is 21.3 Å². The van der Waals surface area contributed by atoms with Crippen LogP contribution in [0.4, 0.5) is 0 Å². The van der Waals surface area contributed by atoms with E-state index >= 15 is 0 Å². The average Bonchev–Trinajstić information content (AvgIpc) is 2.40. The Morgan fingerprint density at radius 3 is 0.667 bits per heavy atom. The molecule has 0 aromatic heterocycles. The molecule has 110 valence electrons. The summed E-state index contributed by atoms with van der Waals surface area (Å²) in [5.74, 6) is 0. The third-order valence-corrected chi connectivity index (χ3v) is 1.40. The first kappa shape index (κ1) is 31.2. The SMILES string of the molecule is CC[N-]C.CC[N-]C.CC[N-]C.CC[N-]CC.[Zr+4]. The predicted octanol–water partition coefficient (Wildman–Crippen LogP) is 4.43. The van der Waals surface area contributed by atoms with Crippen LogP contribution in [0.15, 0.2) is 0 Å². The van der Waals surface area contributed by atoms with Crippen molar-refractivity contribution in [1.82, 2.24) is 0 Å². The topological polar surface area (TPSA) is 56.4 Å². The Kier molecular flexibility index (Phi) is 91.0. The van der Waals surface area contributed by atoms with Crippen molar-refractivity contribution < 1.29 is 26.2 Å². The summed E-state index contributed by atoms with van der Waals surface area (Å²) in [6.07, 6.45) is 0. The first-order valence-corrected chi connectivity index (χ1v) is 6.46. The van der Waals surface area contributed by atoms with Crippen LogP contribution in [0.2, 0.25) is 0 Å². The summed E-state index contributed by atoms with van der Waals surface area (Å²) >= 11 is 0. The molecule has 18 heavy (non-hydrogen) atoms. The van der Waals surface area contributed by atoms with Gasteiger partial charge in [-0.15, -0.1) is 0 Å². The van der Waals surface area contributed by atoms with E-state index in [0.717, 1.165) is 32.7 Å². The van der Waals surface area contributed by atoms with Gasteiger partial charge in [0, 0.05) is 0 Å². The molecule has 0 fully saturated rings. The normalized spacial score (nSPS) is 7.33. The molecule has 0 N–H and O–H groups in total. The summed E-state index contributed by atoms with van der Waals surface area (Å²) in [5.41, 5.74) is 0. The van der Waals surface area contributed by atoms with Crippen LogP contribution < -0.4 is 0 Å². The Labute approximate surface area is 136 Å². The second-order valence-electron chi connectivity index (χ2n) is 2.75. The first-order valence-electron chi connectivity index (χ1n) is 6.46. The Bertz CT molecular complexity index is 58.5. The van der Waals surface area contributed by atoms with Crippen molar-refractivity contribution in [3.8, 4) is 0 Å². The molecule has 0 aromatic rings. The third kappa shape index (κ3) is 126. The van der Waals surface area contributed by atoms with Gasteiger partial charge >= 0.3 is 26.2 Å². The Morgan fingerprint density at radius 1 is 0.500 bits per heavy atom. The minimum Gasteiger partial charge on any atom is -0.665 e. The molecule has 0 aliphatic heterocycles. The number of rotatable bonds is 5. The minimum absolute atomic E-state index is 0. The summed E-state index contributed by atoms with van der Waals surface area (Å²) in [6, 6.07) is 0. The smallest absolute Gasteiger partial charge is 0.665 e. The van der Waals surface area contributed by atoms with Crippen LogP contribution in [0, 0.1) is 0 Å². The zero-order chi connectivity index (χ0) is 14.4. The Morgan fingerprint density at radius 2 is 0.667 bits per heavy atom. The maximum atomic E-state index is 3.97. The van der Waals surface area contributed by atoms with Gasteiger partial charge in [-0.05, 0) is 0 Å². The van der Waals surface area contributed by atoms with E-state index in [2.05, 4.69) is 21.3 Å². The minimum atomic E-state index is 0. The van der Waals surface area contributed by atoms with E-state index in [0.29, 0.717) is 0 Å². The molecule has 0 heterocycles. The summed E-state index contributed by atoms with van der Waals surface area (Å²) < 4.78 is 0. The molecule has 0 radical (unpaired) electrons. The Balaban J connectivity index is -0.0000000412. The molecular weight excluding hydrogens is 303 g/mol. The molecule has 0 unspecified atom stereocenters. The Hall–Kier alpha value is 0.723. The van der Waals surface area contributed by atoms with Crippen molar-refractivity contribution >= 4 is 0 Å². The molecule has 4 nitrogen and oxygen atoms in total. The average molecular weight is 338 g/mol. The summed E-state index contributed by atoms with van der Waals surface area (Å²) in [7, 11) is 5.42. The number of nitrogens with zero attached hydrogens (tertiary/aromatic N) is 4. The molecule has 0 atom stereocenters. The number of hydrogen-bond acceptors (Lipinski definition) is 0. The fourth-order valence-corrected chi connectivity index (χ4v) is 0.224. The van der Waals surface area contributed by atoms with Crippen LogP contribution in [-0.4, -0.2) is 53.9 Å². The quantitative estimate of drug-likeness (QED) is 0.713. The van der Waals surface area contributed by atoms with Gasteiger partial charge in [0.2, 0.25) is 0 Å². The van der Waals surface area contributed by atoms with Gasteiger partial charge in [-0.1, -0.05) is 34.6 Å². The fraction of sp³-hybridized carbons (Fsp3) is 1.00. The zero-order valence-corrected chi connectivity index (χ0v) is 16.3. The monoisotopic (exact) mass is 336 g/mol. The molecule has 0 saturated heterocycles. The maximum Gasteiger partial charge on any atom is 4.00 e. The van der Waals surface area contributed by atoms with Crippen LogP contribution in [0.25, 0.3) is 21.3 Å². The summed E-state index contributed by atoms with van der Waals surface area (Å²) in [4.78, 5) is 0. The molecule has 0 saturated carbocycles. The molecule has 0 spiro atoms. The van der Waals surface area contributed by atoms with E-state index in [1.807, 2.05) is 34.6 Å². The van der Waals surface area contributed by atoms with Gasteiger partial charge in [-0.3, -0.25) is 0 Å². The first-order chi connectivity index (χ1) is 8.16. The van der Waals surface area contributed by atoms with Gasteiger partial charge in [0.1, 0.15) is 0 Å². The van der Waals surface area contributed by atoms with Gasteiger partial charge in [0.05, 0.1) is 0 Å². The van der Waals surface area contributed by atoms with Gasteiger partial charge in [-0.2, -0.15) is 53.9 Å². The van der Waals surface area contributed by atoms with E-state index in [-0.39, 0.29) is 26.2 Å². The van der Waals surface area contributed by atoms with E-state index in [1.54, 1.807) is 21.1 Å². The fourth-order valence-electron chi connectivity index (χ4n) is 0.224. The van der Waals surface area contributed by atoms with Crippen molar-refractivity contribution in [3.05, 3.63) is 21.3 Å². The molecule has 0 aliphatic rings. The molecule has 0 aromatic carbocycles. The van der Waals surface area contributed by atoms with E-state index < -0.39 is 0 Å². The van der Waals surface area contributed by atoms with Crippen molar-refractivity contribution in [2.24, 2.45) is 0 Å². The molecule has 0 aliphatic carbocycles. The van der Waals surface area contributed by atoms with Gasteiger partial charge in [-0.25, -0.2) is 0 Å². The van der Waals surface area contributed by atoms with E-state index in [9.17, 15) is 0 Å². The van der Waals surface area contributed by atoms with Crippen molar-refractivity contribution in [2.75, 3.05) is 53.9 Å². The second-order valence-corrected chi connectivity index (χ2v) is 2.75. The van der Waals surface area contributed by atoms with Crippen LogP contribution in [0.1, 0.15) is 34.6 Å².